The van der Waals surface area contributed by atoms with Crippen LogP contribution in [0.5, 0.6) is 5.75 Å². The normalized spacial score (nSPS) is 17.3. The first-order valence-corrected chi connectivity index (χ1v) is 12.3. The van der Waals surface area contributed by atoms with Crippen molar-refractivity contribution in [2.24, 2.45) is 0 Å². The average molecular weight is 532 g/mol. The van der Waals surface area contributed by atoms with Gasteiger partial charge in [-0.15, -0.1) is 0 Å². The molecule has 2 aliphatic rings. The van der Waals surface area contributed by atoms with Crippen LogP contribution in [0.3, 0.4) is 0 Å². The van der Waals surface area contributed by atoms with Gasteiger partial charge in [-0.3, -0.25) is 34.2 Å². The minimum Gasteiger partial charge on any atom is -0.483 e. The van der Waals surface area contributed by atoms with Crippen LogP contribution >= 0.6 is 0 Å². The van der Waals surface area contributed by atoms with Gasteiger partial charge in [0.25, 0.3) is 17.7 Å². The first-order chi connectivity index (χ1) is 17.9. The van der Waals surface area contributed by atoms with Crippen LogP contribution in [0.4, 0.5) is 4.79 Å². The molecule has 1 aromatic rings. The largest absolute Gasteiger partial charge is 0.483 e. The van der Waals surface area contributed by atoms with E-state index in [0.29, 0.717) is 26.2 Å². The van der Waals surface area contributed by atoms with Crippen LogP contribution in [0.15, 0.2) is 18.2 Å². The molecule has 13 heteroatoms. The van der Waals surface area contributed by atoms with Gasteiger partial charge >= 0.3 is 6.09 Å². The number of hydrogen-bond donors (Lipinski definition) is 3. The minimum atomic E-state index is -1.09. The molecule has 1 saturated heterocycles. The second-order valence-corrected chi connectivity index (χ2v) is 10.00. The number of nitrogens with one attached hydrogen (secondary N) is 3. The van der Waals surface area contributed by atoms with Crippen LogP contribution in [0.1, 0.15) is 54.3 Å². The molecular formula is C25H33N5O8. The Kier molecular flexibility index (Phi) is 9.04. The zero-order chi connectivity index (χ0) is 28.0. The standard InChI is InChI=1S/C25H33N5O8/c1-25(2,3)38-24(36)27-11-13-29(4)12-10-26-19(32)14-37-17-7-5-6-15-20(17)23(35)30(22(15)34)16-8-9-18(31)28-21(16)33/h5-7,16H,8-14H2,1-4H3,(H,26,32)(H,27,36)(H,28,31,33). The monoisotopic (exact) mass is 531 g/mol. The van der Waals surface area contributed by atoms with E-state index in [1.54, 1.807) is 20.8 Å². The van der Waals surface area contributed by atoms with Crippen molar-refractivity contribution in [2.75, 3.05) is 39.8 Å². The zero-order valence-corrected chi connectivity index (χ0v) is 21.9. The van der Waals surface area contributed by atoms with E-state index < -0.39 is 47.3 Å². The Hall–Kier alpha value is -4.00. The molecule has 6 amide bonds. The Labute approximate surface area is 220 Å². The third-order valence-electron chi connectivity index (χ3n) is 5.77. The maximum atomic E-state index is 13.1. The van der Waals surface area contributed by atoms with Crippen molar-refractivity contribution in [1.82, 2.24) is 25.8 Å². The smallest absolute Gasteiger partial charge is 0.407 e. The van der Waals surface area contributed by atoms with Crippen LogP contribution < -0.4 is 20.7 Å². The molecule has 0 radical (unpaired) electrons. The average Bonchev–Trinajstić information content (AvgIpc) is 3.07. The molecule has 3 N–H and O–H groups in total. The van der Waals surface area contributed by atoms with Crippen molar-refractivity contribution in [1.29, 1.82) is 0 Å². The molecule has 206 valence electrons. The highest BCUT2D eigenvalue weighted by Crippen LogP contribution is 2.33. The van der Waals surface area contributed by atoms with E-state index in [9.17, 15) is 28.8 Å². The van der Waals surface area contributed by atoms with Crippen molar-refractivity contribution in [2.45, 2.75) is 45.3 Å². The summed E-state index contributed by atoms with van der Waals surface area (Å²) >= 11 is 0. The number of ether oxygens (including phenoxy) is 2. The fourth-order valence-corrected chi connectivity index (χ4v) is 3.96. The Bertz CT molecular complexity index is 1130. The molecule has 0 saturated carbocycles. The highest BCUT2D eigenvalue weighted by molar-refractivity contribution is 6.24. The van der Waals surface area contributed by atoms with E-state index >= 15 is 0 Å². The van der Waals surface area contributed by atoms with Crippen molar-refractivity contribution < 1.29 is 38.2 Å². The Morgan fingerprint density at radius 2 is 1.76 bits per heavy atom. The molecule has 1 fully saturated rings. The molecule has 3 rings (SSSR count). The molecule has 1 unspecified atom stereocenters. The van der Waals surface area contributed by atoms with Gasteiger partial charge in [0.05, 0.1) is 11.1 Å². The van der Waals surface area contributed by atoms with Crippen molar-refractivity contribution in [3.8, 4) is 5.75 Å². The van der Waals surface area contributed by atoms with Crippen LogP contribution in [0.25, 0.3) is 0 Å². The molecular weight excluding hydrogens is 498 g/mol. The van der Waals surface area contributed by atoms with E-state index in [1.807, 2.05) is 11.9 Å². The maximum absolute atomic E-state index is 13.1. The third-order valence-corrected chi connectivity index (χ3v) is 5.77. The van der Waals surface area contributed by atoms with Gasteiger partial charge in [-0.1, -0.05) is 6.07 Å². The lowest BCUT2D eigenvalue weighted by molar-refractivity contribution is -0.136. The Morgan fingerprint density at radius 1 is 1.08 bits per heavy atom. The molecule has 0 spiro atoms. The SMILES string of the molecule is CN(CCNC(=O)COc1cccc2c1C(=O)N(C1CCC(=O)NC1=O)C2=O)CCNC(=O)OC(C)(C)C. The molecule has 1 atom stereocenters. The topological polar surface area (TPSA) is 163 Å². The number of nitrogens with zero attached hydrogens (tertiary/aromatic N) is 2. The van der Waals surface area contributed by atoms with E-state index in [1.165, 1.54) is 18.2 Å². The molecule has 1 aromatic carbocycles. The lowest BCUT2D eigenvalue weighted by atomic mass is 10.0. The summed E-state index contributed by atoms with van der Waals surface area (Å²) in [6.07, 6.45) is -0.438. The number of amides is 6. The van der Waals surface area contributed by atoms with Crippen molar-refractivity contribution >= 4 is 35.6 Å². The number of imide groups is 2. The summed E-state index contributed by atoms with van der Waals surface area (Å²) in [6.45, 7) is 6.71. The second-order valence-electron chi connectivity index (χ2n) is 10.00. The molecule has 0 bridgehead atoms. The van der Waals surface area contributed by atoms with Crippen molar-refractivity contribution in [3.05, 3.63) is 29.3 Å². The van der Waals surface area contributed by atoms with Crippen LogP contribution in [-0.4, -0.2) is 96.9 Å². The van der Waals surface area contributed by atoms with Gasteiger partial charge in [0.2, 0.25) is 11.8 Å². The molecule has 2 heterocycles. The van der Waals surface area contributed by atoms with Crippen molar-refractivity contribution in [3.63, 3.8) is 0 Å². The highest BCUT2D eigenvalue weighted by atomic mass is 16.6. The van der Waals surface area contributed by atoms with Gasteiger partial charge in [0.15, 0.2) is 6.61 Å². The van der Waals surface area contributed by atoms with Gasteiger partial charge < -0.3 is 25.0 Å². The summed E-state index contributed by atoms with van der Waals surface area (Å²) in [5.41, 5.74) is -0.524. The fraction of sp³-hybridized carbons (Fsp3) is 0.520. The van der Waals surface area contributed by atoms with Gasteiger partial charge in [-0.25, -0.2) is 4.79 Å². The summed E-state index contributed by atoms with van der Waals surface area (Å²) in [6, 6.07) is 3.34. The van der Waals surface area contributed by atoms with Gasteiger partial charge in [-0.2, -0.15) is 0 Å². The van der Waals surface area contributed by atoms with E-state index in [0.717, 1.165) is 4.90 Å². The summed E-state index contributed by atoms with van der Waals surface area (Å²) < 4.78 is 10.7. The Morgan fingerprint density at radius 3 is 2.42 bits per heavy atom. The molecule has 38 heavy (non-hydrogen) atoms. The predicted molar refractivity (Wildman–Crippen MR) is 133 cm³/mol. The maximum Gasteiger partial charge on any atom is 0.407 e. The quantitative estimate of drug-likeness (QED) is 0.354. The van der Waals surface area contributed by atoms with Crippen LogP contribution in [-0.2, 0) is 19.1 Å². The first-order valence-electron chi connectivity index (χ1n) is 12.3. The number of piperidine rings is 1. The van der Waals surface area contributed by atoms with Gasteiger partial charge in [-0.05, 0) is 46.4 Å². The summed E-state index contributed by atoms with van der Waals surface area (Å²) in [4.78, 5) is 76.3. The minimum absolute atomic E-state index is 0.0166. The number of hydrogen-bond acceptors (Lipinski definition) is 9. The van der Waals surface area contributed by atoms with E-state index in [4.69, 9.17) is 9.47 Å². The van der Waals surface area contributed by atoms with Gasteiger partial charge in [0, 0.05) is 32.6 Å². The van der Waals surface area contributed by atoms with Crippen LogP contribution in [0, 0.1) is 0 Å². The predicted octanol–water partition coefficient (Wildman–Crippen LogP) is 0.0393. The molecule has 13 nitrogen and oxygen atoms in total. The van der Waals surface area contributed by atoms with Crippen LogP contribution in [0.2, 0.25) is 0 Å². The number of benzene rings is 1. The number of alkyl carbamates (subject to hydrolysis) is 1. The van der Waals surface area contributed by atoms with E-state index in [-0.39, 0.29) is 36.3 Å². The zero-order valence-electron chi connectivity index (χ0n) is 21.9. The summed E-state index contributed by atoms with van der Waals surface area (Å²) in [5.74, 6) is -2.90. The summed E-state index contributed by atoms with van der Waals surface area (Å²) in [5, 5.41) is 7.51. The second kappa shape index (κ2) is 12.0. The first kappa shape index (κ1) is 28.6. The number of carbonyl (C=O) groups excluding carboxylic acids is 6. The molecule has 0 aliphatic carbocycles. The number of carbonyl (C=O) groups is 6. The lowest BCUT2D eigenvalue weighted by Gasteiger charge is -2.27. The molecule has 0 aromatic heterocycles. The number of likely N-dealkylation sites (N-methyl/N-ethyl adjacent to an activating group) is 1. The Balaban J connectivity index is 1.45. The number of rotatable bonds is 10. The summed E-state index contributed by atoms with van der Waals surface area (Å²) in [7, 11) is 1.84. The highest BCUT2D eigenvalue weighted by Gasteiger charge is 2.46. The lowest BCUT2D eigenvalue weighted by Crippen LogP contribution is -2.54. The van der Waals surface area contributed by atoms with E-state index in [2.05, 4.69) is 16.0 Å². The fourth-order valence-electron chi connectivity index (χ4n) is 3.96. The number of fused-ring (bicyclic) bond motifs is 1. The van der Waals surface area contributed by atoms with Gasteiger partial charge in [0.1, 0.15) is 17.4 Å². The third kappa shape index (κ3) is 7.28. The molecule has 2 aliphatic heterocycles.